The molecule has 0 aromatic heterocycles. The highest BCUT2D eigenvalue weighted by molar-refractivity contribution is 5.80. The number of carbonyl (C=O) groups excluding carboxylic acids is 3. The quantitative estimate of drug-likeness (QED) is 0.234. The lowest BCUT2D eigenvalue weighted by atomic mass is 10.0. The minimum absolute atomic E-state index is 0.0925. The van der Waals surface area contributed by atoms with Gasteiger partial charge in [0.15, 0.2) is 0 Å². The fourth-order valence-electron chi connectivity index (χ4n) is 3.41. The molecule has 5 N–H and O–H groups in total. The molecule has 2 rings (SSSR count). The highest BCUT2D eigenvalue weighted by atomic mass is 16.7. The van der Waals surface area contributed by atoms with E-state index in [4.69, 9.17) is 10.6 Å². The van der Waals surface area contributed by atoms with Crippen LogP contribution in [0.15, 0.2) is 54.6 Å². The Balaban J connectivity index is 1.58. The molecule has 2 amide bonds. The van der Waals surface area contributed by atoms with Gasteiger partial charge in [0, 0.05) is 26.1 Å². The Morgan fingerprint density at radius 2 is 1.50 bits per heavy atom. The van der Waals surface area contributed by atoms with E-state index in [-0.39, 0.29) is 31.2 Å². The van der Waals surface area contributed by atoms with Crippen molar-refractivity contribution in [1.82, 2.24) is 16.1 Å². The molecule has 0 atom stereocenters. The van der Waals surface area contributed by atoms with E-state index in [1.165, 1.54) is 11.1 Å². The zero-order valence-corrected chi connectivity index (χ0v) is 19.7. The first-order valence-corrected chi connectivity index (χ1v) is 11.8. The largest absolute Gasteiger partial charge is 0.355 e. The molecule has 0 radical (unpaired) electrons. The van der Waals surface area contributed by atoms with Crippen LogP contribution >= 0.6 is 0 Å². The number of hydrogen-bond donors (Lipinski definition) is 4. The molecule has 0 bridgehead atoms. The number of amides is 2. The first-order chi connectivity index (χ1) is 16.6. The van der Waals surface area contributed by atoms with Crippen LogP contribution in [0.25, 0.3) is 0 Å². The first kappa shape index (κ1) is 27.0. The third-order valence-corrected chi connectivity index (χ3v) is 5.15. The van der Waals surface area contributed by atoms with Gasteiger partial charge in [0.1, 0.15) is 0 Å². The second-order valence-corrected chi connectivity index (χ2v) is 8.11. The minimum atomic E-state index is -0.545. The number of hydroxylamine groups is 1. The number of benzene rings is 2. The van der Waals surface area contributed by atoms with Gasteiger partial charge in [-0.2, -0.15) is 5.48 Å². The number of nitrogens with two attached hydrogens (primary N) is 1. The van der Waals surface area contributed by atoms with Gasteiger partial charge in [-0.3, -0.25) is 9.59 Å². The molecular weight excluding hydrogens is 432 g/mol. The molecule has 0 saturated heterocycles. The van der Waals surface area contributed by atoms with Gasteiger partial charge in [0.05, 0.1) is 13.0 Å². The Morgan fingerprint density at radius 1 is 0.794 bits per heavy atom. The van der Waals surface area contributed by atoms with Crippen molar-refractivity contribution in [2.75, 3.05) is 26.2 Å². The summed E-state index contributed by atoms with van der Waals surface area (Å²) in [6.45, 7) is 1.57. The number of hydrogen-bond acceptors (Lipinski definition) is 6. The van der Waals surface area contributed by atoms with Crippen molar-refractivity contribution in [3.8, 4) is 0 Å². The van der Waals surface area contributed by atoms with Crippen molar-refractivity contribution in [2.24, 2.45) is 5.73 Å². The van der Waals surface area contributed by atoms with E-state index < -0.39 is 5.97 Å². The van der Waals surface area contributed by atoms with Crippen molar-refractivity contribution in [2.45, 2.75) is 44.9 Å². The Morgan fingerprint density at radius 3 is 2.26 bits per heavy atom. The Labute approximate surface area is 201 Å². The van der Waals surface area contributed by atoms with Gasteiger partial charge in [-0.05, 0) is 48.8 Å². The van der Waals surface area contributed by atoms with Crippen LogP contribution in [0, 0.1) is 0 Å². The van der Waals surface area contributed by atoms with E-state index in [0.717, 1.165) is 31.2 Å². The minimum Gasteiger partial charge on any atom is -0.355 e. The summed E-state index contributed by atoms with van der Waals surface area (Å²) in [7, 11) is 0. The standard InChI is InChI=1S/C26H36N4O4/c27-15-17-28-20-25(32)29-16-7-14-26(33)34-30-24(31)19-23-13-6-12-22(18-23)11-5-4-10-21-8-2-1-3-9-21/h1-3,6,8-9,12-13,18,28H,4-5,7,10-11,14-17,19-20,27H2,(H,29,32)(H,30,31). The second kappa shape index (κ2) is 16.4. The van der Waals surface area contributed by atoms with Gasteiger partial charge in [-0.25, -0.2) is 4.79 Å². The SMILES string of the molecule is NCCNCC(=O)NCCCC(=O)ONC(=O)Cc1cccc(CCCCc2ccccc2)c1. The second-order valence-electron chi connectivity index (χ2n) is 8.11. The van der Waals surface area contributed by atoms with Crippen LogP contribution in [-0.4, -0.2) is 44.0 Å². The molecule has 0 spiro atoms. The molecule has 184 valence electrons. The summed E-state index contributed by atoms with van der Waals surface area (Å²) in [5, 5.41) is 5.57. The lowest BCUT2D eigenvalue weighted by Crippen LogP contribution is -2.36. The van der Waals surface area contributed by atoms with Gasteiger partial charge < -0.3 is 21.2 Å². The summed E-state index contributed by atoms with van der Waals surface area (Å²) in [5.74, 6) is -1.08. The van der Waals surface area contributed by atoms with Crippen LogP contribution in [0.5, 0.6) is 0 Å². The first-order valence-electron chi connectivity index (χ1n) is 11.8. The summed E-state index contributed by atoms with van der Waals surface area (Å²) in [4.78, 5) is 40.3. The van der Waals surface area contributed by atoms with Crippen molar-refractivity contribution in [1.29, 1.82) is 0 Å². The summed E-state index contributed by atoms with van der Waals surface area (Å²) < 4.78 is 0. The van der Waals surface area contributed by atoms with E-state index in [2.05, 4.69) is 46.4 Å². The third-order valence-electron chi connectivity index (χ3n) is 5.15. The molecule has 2 aromatic carbocycles. The van der Waals surface area contributed by atoms with Gasteiger partial charge in [0.25, 0.3) is 5.91 Å². The average Bonchev–Trinajstić information content (AvgIpc) is 2.84. The fraction of sp³-hybridized carbons (Fsp3) is 0.423. The smallest absolute Gasteiger partial charge is 0.332 e. The normalized spacial score (nSPS) is 10.5. The van der Waals surface area contributed by atoms with E-state index >= 15 is 0 Å². The highest BCUT2D eigenvalue weighted by Gasteiger charge is 2.09. The van der Waals surface area contributed by atoms with Gasteiger partial charge in [-0.15, -0.1) is 0 Å². The van der Waals surface area contributed by atoms with Crippen LogP contribution in [-0.2, 0) is 38.5 Å². The molecule has 8 nitrogen and oxygen atoms in total. The zero-order valence-electron chi connectivity index (χ0n) is 19.7. The van der Waals surface area contributed by atoms with Gasteiger partial charge >= 0.3 is 5.97 Å². The Bertz CT molecular complexity index is 889. The monoisotopic (exact) mass is 468 g/mol. The molecule has 0 aliphatic carbocycles. The number of unbranched alkanes of at least 4 members (excludes halogenated alkanes) is 1. The summed E-state index contributed by atoms with van der Waals surface area (Å²) >= 11 is 0. The van der Waals surface area contributed by atoms with Crippen molar-refractivity contribution >= 4 is 17.8 Å². The topological polar surface area (TPSA) is 123 Å². The van der Waals surface area contributed by atoms with Crippen LogP contribution in [0.3, 0.4) is 0 Å². The fourth-order valence-corrected chi connectivity index (χ4v) is 3.41. The maximum Gasteiger partial charge on any atom is 0.332 e. The maximum absolute atomic E-state index is 12.1. The van der Waals surface area contributed by atoms with Crippen molar-refractivity contribution < 1.29 is 19.2 Å². The zero-order chi connectivity index (χ0) is 24.4. The predicted molar refractivity (Wildman–Crippen MR) is 132 cm³/mol. The molecular formula is C26H36N4O4. The Hall–Kier alpha value is -3.23. The molecule has 2 aromatic rings. The number of carbonyl (C=O) groups is 3. The lowest BCUT2D eigenvalue weighted by molar-refractivity contribution is -0.158. The molecule has 0 saturated carbocycles. The van der Waals surface area contributed by atoms with E-state index in [0.29, 0.717) is 26.1 Å². The van der Waals surface area contributed by atoms with Crippen molar-refractivity contribution in [3.05, 3.63) is 71.3 Å². The van der Waals surface area contributed by atoms with Crippen LogP contribution in [0.1, 0.15) is 42.4 Å². The van der Waals surface area contributed by atoms with E-state index in [1.54, 1.807) is 0 Å². The summed E-state index contributed by atoms with van der Waals surface area (Å²) in [6.07, 6.45) is 4.85. The average molecular weight is 469 g/mol. The van der Waals surface area contributed by atoms with Crippen LogP contribution in [0.4, 0.5) is 0 Å². The van der Waals surface area contributed by atoms with Crippen LogP contribution < -0.4 is 21.8 Å². The number of rotatable bonds is 15. The highest BCUT2D eigenvalue weighted by Crippen LogP contribution is 2.12. The predicted octanol–water partition coefficient (Wildman–Crippen LogP) is 1.81. The van der Waals surface area contributed by atoms with Gasteiger partial charge in [0.2, 0.25) is 5.91 Å². The molecule has 0 aliphatic heterocycles. The van der Waals surface area contributed by atoms with Crippen molar-refractivity contribution in [3.63, 3.8) is 0 Å². The molecule has 0 aliphatic rings. The number of nitrogens with one attached hydrogen (secondary N) is 3. The van der Waals surface area contributed by atoms with Gasteiger partial charge in [-0.1, -0.05) is 54.6 Å². The molecule has 0 unspecified atom stereocenters. The Kier molecular flexibility index (Phi) is 13.0. The maximum atomic E-state index is 12.1. The van der Waals surface area contributed by atoms with Crippen LogP contribution in [0.2, 0.25) is 0 Å². The molecule has 0 fully saturated rings. The molecule has 0 heterocycles. The molecule has 8 heteroatoms. The lowest BCUT2D eigenvalue weighted by Gasteiger charge is -2.08. The molecule has 34 heavy (non-hydrogen) atoms. The third kappa shape index (κ3) is 12.1. The van der Waals surface area contributed by atoms with E-state index in [9.17, 15) is 14.4 Å². The van der Waals surface area contributed by atoms with E-state index in [1.807, 2.05) is 24.3 Å². The summed E-state index contributed by atoms with van der Waals surface area (Å²) in [6, 6.07) is 18.4. The summed E-state index contributed by atoms with van der Waals surface area (Å²) in [5.41, 5.74) is 11.0. The number of aryl methyl sites for hydroxylation is 2.